The molecule has 0 saturated heterocycles. The third kappa shape index (κ3) is 2.56. The fraction of sp³-hybridized carbons (Fsp3) is 0.188. The lowest BCUT2D eigenvalue weighted by molar-refractivity contribution is 0.101. The van der Waals surface area contributed by atoms with Crippen LogP contribution < -0.4 is 5.32 Å². The minimum absolute atomic E-state index is 0.236. The second kappa shape index (κ2) is 5.64. The van der Waals surface area contributed by atoms with Crippen molar-refractivity contribution in [2.75, 3.05) is 5.32 Å². The van der Waals surface area contributed by atoms with Gasteiger partial charge in [0, 0.05) is 5.69 Å². The highest BCUT2D eigenvalue weighted by Gasteiger charge is 2.29. The quantitative estimate of drug-likeness (QED) is 0.502. The molecule has 1 aliphatic carbocycles. The molecular formula is C16H10F5NO. The van der Waals surface area contributed by atoms with Gasteiger partial charge in [0.05, 0.1) is 0 Å². The van der Waals surface area contributed by atoms with Crippen LogP contribution in [0.5, 0.6) is 0 Å². The largest absolute Gasteiger partial charge is 0.322 e. The highest BCUT2D eigenvalue weighted by molar-refractivity contribution is 6.04. The number of benzene rings is 2. The van der Waals surface area contributed by atoms with Gasteiger partial charge in [-0.05, 0) is 42.5 Å². The Morgan fingerprint density at radius 1 is 0.826 bits per heavy atom. The van der Waals surface area contributed by atoms with E-state index in [2.05, 4.69) is 5.32 Å². The molecular weight excluding hydrogens is 317 g/mol. The first-order valence-electron chi connectivity index (χ1n) is 6.84. The molecule has 1 amide bonds. The fourth-order valence-corrected chi connectivity index (χ4v) is 2.65. The normalized spacial score (nSPS) is 13.1. The van der Waals surface area contributed by atoms with Gasteiger partial charge in [-0.15, -0.1) is 0 Å². The Kier molecular flexibility index (Phi) is 3.79. The molecule has 0 fully saturated rings. The molecule has 0 bridgehead atoms. The molecule has 0 spiro atoms. The van der Waals surface area contributed by atoms with Gasteiger partial charge >= 0.3 is 0 Å². The summed E-state index contributed by atoms with van der Waals surface area (Å²) >= 11 is 0. The molecule has 23 heavy (non-hydrogen) atoms. The predicted molar refractivity (Wildman–Crippen MR) is 72.7 cm³/mol. The molecule has 2 aromatic carbocycles. The minimum atomic E-state index is -2.30. The van der Waals surface area contributed by atoms with Gasteiger partial charge in [0.2, 0.25) is 5.82 Å². The first-order valence-corrected chi connectivity index (χ1v) is 6.84. The summed E-state index contributed by atoms with van der Waals surface area (Å²) in [5, 5.41) is 2.17. The number of halogens is 5. The van der Waals surface area contributed by atoms with E-state index >= 15 is 0 Å². The van der Waals surface area contributed by atoms with Crippen molar-refractivity contribution in [3.63, 3.8) is 0 Å². The zero-order valence-corrected chi connectivity index (χ0v) is 11.7. The Morgan fingerprint density at radius 3 is 2.04 bits per heavy atom. The fourth-order valence-electron chi connectivity index (χ4n) is 2.65. The van der Waals surface area contributed by atoms with E-state index in [1.54, 1.807) is 12.1 Å². The van der Waals surface area contributed by atoms with E-state index < -0.39 is 40.6 Å². The summed E-state index contributed by atoms with van der Waals surface area (Å²) in [5.74, 6) is -12.3. The summed E-state index contributed by atoms with van der Waals surface area (Å²) in [4.78, 5) is 11.9. The molecule has 2 aromatic rings. The topological polar surface area (TPSA) is 29.1 Å². The van der Waals surface area contributed by atoms with E-state index in [0.717, 1.165) is 30.4 Å². The molecule has 7 heteroatoms. The van der Waals surface area contributed by atoms with Crippen molar-refractivity contribution in [3.8, 4) is 0 Å². The lowest BCUT2D eigenvalue weighted by atomic mass is 10.1. The Balaban J connectivity index is 1.95. The molecule has 0 heterocycles. The molecule has 0 radical (unpaired) electrons. The number of anilines is 1. The van der Waals surface area contributed by atoms with Crippen LogP contribution in [-0.2, 0) is 12.8 Å². The second-order valence-electron chi connectivity index (χ2n) is 5.24. The van der Waals surface area contributed by atoms with Crippen molar-refractivity contribution < 1.29 is 26.7 Å². The zero-order chi connectivity index (χ0) is 16.7. The number of hydrogen-bond acceptors (Lipinski definition) is 1. The van der Waals surface area contributed by atoms with Gasteiger partial charge in [-0.25, -0.2) is 22.0 Å². The Morgan fingerprint density at radius 2 is 1.39 bits per heavy atom. The van der Waals surface area contributed by atoms with Crippen molar-refractivity contribution in [3.05, 3.63) is 64.0 Å². The predicted octanol–water partition coefficient (Wildman–Crippen LogP) is 4.12. The van der Waals surface area contributed by atoms with Crippen molar-refractivity contribution in [2.45, 2.75) is 19.3 Å². The third-order valence-electron chi connectivity index (χ3n) is 3.79. The number of fused-ring (bicyclic) bond motifs is 1. The summed E-state index contributed by atoms with van der Waals surface area (Å²) < 4.78 is 66.4. The van der Waals surface area contributed by atoms with Gasteiger partial charge in [-0.1, -0.05) is 6.07 Å². The molecule has 0 aromatic heterocycles. The number of hydrogen-bond donors (Lipinski definition) is 1. The van der Waals surface area contributed by atoms with Crippen LogP contribution in [0.4, 0.5) is 27.6 Å². The monoisotopic (exact) mass is 327 g/mol. The molecule has 120 valence electrons. The minimum Gasteiger partial charge on any atom is -0.322 e. The van der Waals surface area contributed by atoms with Gasteiger partial charge in [-0.2, -0.15) is 0 Å². The van der Waals surface area contributed by atoms with Crippen LogP contribution in [0.15, 0.2) is 18.2 Å². The summed E-state index contributed by atoms with van der Waals surface area (Å²) in [5.41, 5.74) is 0.834. The highest BCUT2D eigenvalue weighted by atomic mass is 19.2. The number of carbonyl (C=O) groups is 1. The number of carbonyl (C=O) groups excluding carboxylic acids is 1. The highest BCUT2D eigenvalue weighted by Crippen LogP contribution is 2.27. The van der Waals surface area contributed by atoms with E-state index in [1.807, 2.05) is 0 Å². The van der Waals surface area contributed by atoms with E-state index in [4.69, 9.17) is 0 Å². The van der Waals surface area contributed by atoms with Crippen molar-refractivity contribution >= 4 is 11.6 Å². The lowest BCUT2D eigenvalue weighted by Crippen LogP contribution is -2.19. The average molecular weight is 327 g/mol. The third-order valence-corrected chi connectivity index (χ3v) is 3.79. The maximum absolute atomic E-state index is 13.6. The van der Waals surface area contributed by atoms with Crippen LogP contribution in [0, 0.1) is 29.1 Å². The van der Waals surface area contributed by atoms with Crippen LogP contribution in [0.25, 0.3) is 0 Å². The molecule has 3 rings (SSSR count). The van der Waals surface area contributed by atoms with Gasteiger partial charge < -0.3 is 5.32 Å². The van der Waals surface area contributed by atoms with Gasteiger partial charge in [-0.3, -0.25) is 4.79 Å². The Labute approximate surface area is 127 Å². The maximum Gasteiger partial charge on any atom is 0.261 e. The maximum atomic E-state index is 13.6. The lowest BCUT2D eigenvalue weighted by Gasteiger charge is -2.10. The summed E-state index contributed by atoms with van der Waals surface area (Å²) in [6, 6.07) is 4.91. The van der Waals surface area contributed by atoms with Crippen molar-refractivity contribution in [2.24, 2.45) is 0 Å². The Bertz CT molecular complexity index is 790. The molecule has 0 saturated carbocycles. The van der Waals surface area contributed by atoms with E-state index in [1.165, 1.54) is 6.07 Å². The number of nitrogens with one attached hydrogen (secondary N) is 1. The summed E-state index contributed by atoms with van der Waals surface area (Å²) in [7, 11) is 0. The summed E-state index contributed by atoms with van der Waals surface area (Å²) in [6.45, 7) is 0. The van der Waals surface area contributed by atoms with Gasteiger partial charge in [0.25, 0.3) is 5.91 Å². The van der Waals surface area contributed by atoms with Crippen LogP contribution in [0.1, 0.15) is 27.9 Å². The van der Waals surface area contributed by atoms with Gasteiger partial charge in [0.1, 0.15) is 5.56 Å². The molecule has 0 atom stereocenters. The molecule has 0 aliphatic heterocycles. The van der Waals surface area contributed by atoms with Crippen LogP contribution in [0.2, 0.25) is 0 Å². The van der Waals surface area contributed by atoms with Crippen molar-refractivity contribution in [1.29, 1.82) is 0 Å². The second-order valence-corrected chi connectivity index (χ2v) is 5.24. The number of aryl methyl sites for hydroxylation is 2. The number of amides is 1. The van der Waals surface area contributed by atoms with E-state index in [9.17, 15) is 26.7 Å². The van der Waals surface area contributed by atoms with Gasteiger partial charge in [0.15, 0.2) is 23.3 Å². The zero-order valence-electron chi connectivity index (χ0n) is 11.7. The smallest absolute Gasteiger partial charge is 0.261 e. The molecule has 2 nitrogen and oxygen atoms in total. The molecule has 0 unspecified atom stereocenters. The first kappa shape index (κ1) is 15.5. The van der Waals surface area contributed by atoms with Crippen molar-refractivity contribution in [1.82, 2.24) is 0 Å². The standard InChI is InChI=1S/C16H10F5NO/c17-11-10(12(18)14(20)15(21)13(11)19)16(23)22-9-5-4-7-2-1-3-8(7)6-9/h4-6H,1-3H2,(H,22,23). The SMILES string of the molecule is O=C(Nc1ccc2c(c1)CCC2)c1c(F)c(F)c(F)c(F)c1F. The van der Waals surface area contributed by atoms with Crippen LogP contribution in [-0.4, -0.2) is 5.91 Å². The van der Waals surface area contributed by atoms with Crippen LogP contribution >= 0.6 is 0 Å². The number of rotatable bonds is 2. The van der Waals surface area contributed by atoms with E-state index in [-0.39, 0.29) is 5.69 Å². The van der Waals surface area contributed by atoms with E-state index in [0.29, 0.717) is 0 Å². The Hall–Kier alpha value is -2.44. The average Bonchev–Trinajstić information content (AvgIpc) is 2.99. The summed E-state index contributed by atoms with van der Waals surface area (Å²) in [6.07, 6.45) is 2.67. The molecule has 1 N–H and O–H groups in total. The van der Waals surface area contributed by atoms with Crippen LogP contribution in [0.3, 0.4) is 0 Å². The molecule has 1 aliphatic rings. The first-order chi connectivity index (χ1) is 10.9.